The molecule has 1 aromatic rings. The molecular weight excluding hydrogens is 492 g/mol. The third-order valence-electron chi connectivity index (χ3n) is 5.89. The van der Waals surface area contributed by atoms with Crippen LogP contribution in [0.4, 0.5) is 5.69 Å². The number of carbonyl (C=O) groups excluding carboxylic acids is 2. The molecule has 0 saturated carbocycles. The molecule has 2 heterocycles. The van der Waals surface area contributed by atoms with E-state index in [0.29, 0.717) is 38.2 Å². The summed E-state index contributed by atoms with van der Waals surface area (Å²) in [5, 5.41) is 0.276. The highest BCUT2D eigenvalue weighted by atomic mass is 79.9. The van der Waals surface area contributed by atoms with Gasteiger partial charge >= 0.3 is 0 Å². The van der Waals surface area contributed by atoms with Crippen molar-refractivity contribution in [2.45, 2.75) is 12.8 Å². The van der Waals surface area contributed by atoms with E-state index in [0.717, 1.165) is 29.0 Å². The summed E-state index contributed by atoms with van der Waals surface area (Å²) in [5.41, 5.74) is 1.80. The van der Waals surface area contributed by atoms with Gasteiger partial charge < -0.3 is 14.5 Å². The Morgan fingerprint density at radius 2 is 1.91 bits per heavy atom. The van der Waals surface area contributed by atoms with Crippen molar-refractivity contribution in [3.05, 3.63) is 47.0 Å². The number of hydrogen-bond acceptors (Lipinski definition) is 5. The topological polar surface area (TPSA) is 65.5 Å². The molecule has 1 unspecified atom stereocenters. The molecule has 0 N–H and O–H groups in total. The average Bonchev–Trinajstić information content (AvgIpc) is 2.82. The van der Waals surface area contributed by atoms with E-state index < -0.39 is 5.92 Å². The number of allylic oxidation sites excluding steroid dienone is 3. The predicted octanol–water partition coefficient (Wildman–Crippen LogP) is 3.16. The van der Waals surface area contributed by atoms with Gasteiger partial charge in [-0.3, -0.25) is 14.5 Å². The number of ether oxygens (including phenoxy) is 1. The molecule has 1 atom stereocenters. The van der Waals surface area contributed by atoms with Crippen LogP contribution in [0.3, 0.4) is 0 Å². The number of rotatable bonds is 6. The second-order valence-electron chi connectivity index (χ2n) is 7.84. The zero-order valence-electron chi connectivity index (χ0n) is 17.9. The standard InChI is InChI=1S/C23H25BrN4O3S/c1-31-18-7-5-17(6-8-18)26-11-13-27(14-12-26)21(29)3-2-10-28-22(30)19-15-16(24)4-9-20(19)25-23(28)32/h4-9,15,19H,2-3,10-14H2,1H3. The number of anilines is 1. The fourth-order valence-electron chi connectivity index (χ4n) is 4.07. The molecule has 2 aliphatic heterocycles. The van der Waals surface area contributed by atoms with E-state index in [4.69, 9.17) is 17.0 Å². The number of amides is 2. The Morgan fingerprint density at radius 3 is 2.59 bits per heavy atom. The van der Waals surface area contributed by atoms with Gasteiger partial charge in [-0.25, -0.2) is 4.99 Å². The Morgan fingerprint density at radius 1 is 1.19 bits per heavy atom. The number of methoxy groups -OCH3 is 1. The van der Waals surface area contributed by atoms with Crippen LogP contribution < -0.4 is 9.64 Å². The van der Waals surface area contributed by atoms with Gasteiger partial charge in [0.2, 0.25) is 16.9 Å². The third-order valence-corrected chi connectivity index (χ3v) is 6.73. The van der Waals surface area contributed by atoms with E-state index in [1.165, 1.54) is 4.90 Å². The SMILES string of the molecule is COc1ccc(N2CCN(C(=O)CCCN3C(=O)C4C=C(Br)C=CC4=NC3=S)CC2)cc1. The summed E-state index contributed by atoms with van der Waals surface area (Å²) < 4.78 is 6.06. The van der Waals surface area contributed by atoms with Crippen LogP contribution in [0.2, 0.25) is 0 Å². The summed E-state index contributed by atoms with van der Waals surface area (Å²) in [6.45, 7) is 3.36. The van der Waals surface area contributed by atoms with Gasteiger partial charge in [0, 0.05) is 49.3 Å². The first-order valence-electron chi connectivity index (χ1n) is 10.6. The highest BCUT2D eigenvalue weighted by Gasteiger charge is 2.34. The Kier molecular flexibility index (Phi) is 7.05. The second kappa shape index (κ2) is 9.95. The normalized spacial score (nSPS) is 20.7. The lowest BCUT2D eigenvalue weighted by molar-refractivity contribution is -0.132. The molecule has 1 saturated heterocycles. The van der Waals surface area contributed by atoms with Crippen LogP contribution >= 0.6 is 28.1 Å². The molecule has 2 amide bonds. The molecule has 168 valence electrons. The third kappa shape index (κ3) is 4.94. The fourth-order valence-corrected chi connectivity index (χ4v) is 4.75. The number of benzene rings is 1. The van der Waals surface area contributed by atoms with E-state index in [-0.39, 0.29) is 16.9 Å². The van der Waals surface area contributed by atoms with Gasteiger partial charge in [-0.15, -0.1) is 0 Å². The molecule has 7 nitrogen and oxygen atoms in total. The highest BCUT2D eigenvalue weighted by Crippen LogP contribution is 2.25. The van der Waals surface area contributed by atoms with E-state index in [2.05, 4.69) is 25.8 Å². The molecule has 9 heteroatoms. The number of fused-ring (bicyclic) bond motifs is 1. The van der Waals surface area contributed by atoms with Crippen LogP contribution in [0, 0.1) is 5.92 Å². The number of carbonyl (C=O) groups is 2. The van der Waals surface area contributed by atoms with E-state index >= 15 is 0 Å². The maximum atomic E-state index is 12.9. The van der Waals surface area contributed by atoms with Crippen LogP contribution in [-0.4, -0.2) is 72.3 Å². The quantitative estimate of drug-likeness (QED) is 0.543. The molecule has 0 aromatic heterocycles. The van der Waals surface area contributed by atoms with Crippen molar-refractivity contribution in [1.29, 1.82) is 0 Å². The van der Waals surface area contributed by atoms with Crippen molar-refractivity contribution in [1.82, 2.24) is 9.80 Å². The predicted molar refractivity (Wildman–Crippen MR) is 132 cm³/mol. The molecule has 0 radical (unpaired) electrons. The average molecular weight is 517 g/mol. The van der Waals surface area contributed by atoms with Gasteiger partial charge in [0.25, 0.3) is 0 Å². The molecule has 32 heavy (non-hydrogen) atoms. The molecule has 1 fully saturated rings. The van der Waals surface area contributed by atoms with Crippen molar-refractivity contribution in [3.63, 3.8) is 0 Å². The van der Waals surface area contributed by atoms with E-state index in [9.17, 15) is 9.59 Å². The van der Waals surface area contributed by atoms with Crippen molar-refractivity contribution in [2.24, 2.45) is 10.9 Å². The zero-order valence-corrected chi connectivity index (χ0v) is 20.3. The molecular formula is C23H25BrN4O3S. The molecule has 0 spiro atoms. The first-order chi connectivity index (χ1) is 15.5. The lowest BCUT2D eigenvalue weighted by Crippen LogP contribution is -2.49. The van der Waals surface area contributed by atoms with Gasteiger partial charge in [0.15, 0.2) is 0 Å². The highest BCUT2D eigenvalue weighted by molar-refractivity contribution is 9.11. The minimum Gasteiger partial charge on any atom is -0.497 e. The molecule has 1 aliphatic carbocycles. The van der Waals surface area contributed by atoms with Gasteiger partial charge in [0.1, 0.15) is 11.7 Å². The van der Waals surface area contributed by atoms with Crippen LogP contribution in [0.1, 0.15) is 12.8 Å². The number of thiocarbonyl (C=S) groups is 1. The van der Waals surface area contributed by atoms with Gasteiger partial charge in [-0.2, -0.15) is 0 Å². The molecule has 0 bridgehead atoms. The smallest absolute Gasteiger partial charge is 0.241 e. The van der Waals surface area contributed by atoms with E-state index in [1.54, 1.807) is 7.11 Å². The number of aliphatic imine (C=N–C) groups is 1. The van der Waals surface area contributed by atoms with Crippen molar-refractivity contribution < 1.29 is 14.3 Å². The van der Waals surface area contributed by atoms with Crippen molar-refractivity contribution >= 4 is 56.5 Å². The summed E-state index contributed by atoms with van der Waals surface area (Å²) in [6.07, 6.45) is 6.44. The minimum atomic E-state index is -0.414. The summed E-state index contributed by atoms with van der Waals surface area (Å²) >= 11 is 8.73. The first kappa shape index (κ1) is 22.7. The minimum absolute atomic E-state index is 0.0816. The molecule has 3 aliphatic rings. The van der Waals surface area contributed by atoms with Gasteiger partial charge in [0.05, 0.1) is 12.8 Å². The van der Waals surface area contributed by atoms with Crippen LogP contribution in [-0.2, 0) is 9.59 Å². The summed E-state index contributed by atoms with van der Waals surface area (Å²) in [7, 11) is 1.65. The number of piperazine rings is 1. The summed E-state index contributed by atoms with van der Waals surface area (Å²) in [4.78, 5) is 35.7. The molecule has 1 aromatic carbocycles. The van der Waals surface area contributed by atoms with Crippen molar-refractivity contribution in [3.8, 4) is 5.75 Å². The molecule has 4 rings (SSSR count). The largest absolute Gasteiger partial charge is 0.497 e. The lowest BCUT2D eigenvalue weighted by Gasteiger charge is -2.36. The first-order valence-corrected chi connectivity index (χ1v) is 11.8. The van der Waals surface area contributed by atoms with Gasteiger partial charge in [-0.1, -0.05) is 22.0 Å². The number of halogens is 1. The second-order valence-corrected chi connectivity index (χ2v) is 9.12. The summed E-state index contributed by atoms with van der Waals surface area (Å²) in [5.74, 6) is 0.451. The monoisotopic (exact) mass is 516 g/mol. The maximum absolute atomic E-state index is 12.9. The Bertz CT molecular complexity index is 997. The Balaban J connectivity index is 1.25. The van der Waals surface area contributed by atoms with Crippen LogP contribution in [0.15, 0.2) is 52.0 Å². The van der Waals surface area contributed by atoms with Crippen LogP contribution in [0.25, 0.3) is 0 Å². The summed E-state index contributed by atoms with van der Waals surface area (Å²) in [6, 6.07) is 7.98. The zero-order chi connectivity index (χ0) is 22.7. The van der Waals surface area contributed by atoms with E-state index in [1.807, 2.05) is 47.4 Å². The van der Waals surface area contributed by atoms with Crippen LogP contribution in [0.5, 0.6) is 5.75 Å². The maximum Gasteiger partial charge on any atom is 0.241 e. The number of hydrogen-bond donors (Lipinski definition) is 0. The van der Waals surface area contributed by atoms with Gasteiger partial charge in [-0.05, 0) is 55.1 Å². The van der Waals surface area contributed by atoms with Crippen molar-refractivity contribution in [2.75, 3.05) is 44.7 Å². The Hall–Kier alpha value is -2.52. The lowest BCUT2D eigenvalue weighted by atomic mass is 9.95. The fraction of sp³-hybridized carbons (Fsp3) is 0.391. The number of nitrogens with zero attached hydrogens (tertiary/aromatic N) is 4. The Labute approximate surface area is 201 Å².